The van der Waals surface area contributed by atoms with E-state index in [4.69, 9.17) is 5.73 Å². The molecule has 1 aliphatic rings. The number of hydrogen-bond acceptors (Lipinski definition) is 3. The summed E-state index contributed by atoms with van der Waals surface area (Å²) >= 11 is 0. The second-order valence-corrected chi connectivity index (χ2v) is 6.72. The Morgan fingerprint density at radius 1 is 1.22 bits per heavy atom. The number of nitrogens with two attached hydrogens (primary N) is 1. The van der Waals surface area contributed by atoms with Crippen LogP contribution in [0, 0.1) is 23.4 Å². The molecule has 3 nitrogen and oxygen atoms in total. The zero-order valence-electron chi connectivity index (χ0n) is 9.37. The van der Waals surface area contributed by atoms with Gasteiger partial charge in [-0.05, 0) is 30.0 Å². The van der Waals surface area contributed by atoms with E-state index < -0.39 is 33.3 Å². The van der Waals surface area contributed by atoms with Crippen molar-refractivity contribution in [2.75, 3.05) is 11.5 Å². The van der Waals surface area contributed by atoms with E-state index in [1.54, 1.807) is 0 Å². The minimum atomic E-state index is -3.12. The van der Waals surface area contributed by atoms with E-state index in [0.29, 0.717) is 6.42 Å². The minimum absolute atomic E-state index is 0.0253. The summed E-state index contributed by atoms with van der Waals surface area (Å²) in [6.07, 6.45) is 0.351. The van der Waals surface area contributed by atoms with Crippen LogP contribution in [0.1, 0.15) is 18.0 Å². The highest BCUT2D eigenvalue weighted by atomic mass is 32.2. The maximum absolute atomic E-state index is 13.1. The van der Waals surface area contributed by atoms with Crippen molar-refractivity contribution >= 4 is 9.84 Å². The molecule has 1 saturated heterocycles. The van der Waals surface area contributed by atoms with Crippen LogP contribution in [0.2, 0.25) is 0 Å². The van der Waals surface area contributed by atoms with Crippen LogP contribution < -0.4 is 5.73 Å². The molecule has 1 aromatic carbocycles. The van der Waals surface area contributed by atoms with Crippen LogP contribution in [-0.4, -0.2) is 19.9 Å². The second kappa shape index (κ2) is 4.55. The van der Waals surface area contributed by atoms with Crippen molar-refractivity contribution in [1.29, 1.82) is 0 Å². The van der Waals surface area contributed by atoms with E-state index in [9.17, 15) is 21.6 Å². The van der Waals surface area contributed by atoms with Crippen LogP contribution in [0.5, 0.6) is 0 Å². The molecule has 0 spiro atoms. The van der Waals surface area contributed by atoms with Crippen LogP contribution in [0.25, 0.3) is 0 Å². The van der Waals surface area contributed by atoms with Gasteiger partial charge in [0.1, 0.15) is 0 Å². The number of sulfone groups is 1. The zero-order valence-corrected chi connectivity index (χ0v) is 10.2. The maximum atomic E-state index is 13.1. The topological polar surface area (TPSA) is 60.2 Å². The lowest BCUT2D eigenvalue weighted by atomic mass is 9.93. The first kappa shape index (κ1) is 13.4. The third-order valence-electron chi connectivity index (χ3n) is 3.17. The van der Waals surface area contributed by atoms with Gasteiger partial charge in [-0.1, -0.05) is 0 Å². The molecular weight excluding hydrogens is 267 g/mol. The fourth-order valence-electron chi connectivity index (χ4n) is 2.15. The van der Waals surface area contributed by atoms with Crippen molar-refractivity contribution in [3.63, 3.8) is 0 Å². The second-order valence-electron chi connectivity index (χ2n) is 4.49. The molecule has 2 rings (SSSR count). The lowest BCUT2D eigenvalue weighted by Crippen LogP contribution is -2.23. The van der Waals surface area contributed by atoms with Crippen molar-refractivity contribution in [2.24, 2.45) is 11.7 Å². The third-order valence-corrected chi connectivity index (χ3v) is 4.96. The lowest BCUT2D eigenvalue weighted by molar-refractivity contribution is 0.432. The molecule has 18 heavy (non-hydrogen) atoms. The van der Waals surface area contributed by atoms with Crippen LogP contribution >= 0.6 is 0 Å². The standard InChI is InChI=1S/C11H12F3NO2S/c12-8-3-7(4-9(13)10(8)14)11(15)6-1-2-18(16,17)5-6/h3-4,6,11H,1-2,5,15H2. The van der Waals surface area contributed by atoms with Crippen LogP contribution in [0.3, 0.4) is 0 Å². The summed E-state index contributed by atoms with van der Waals surface area (Å²) in [5.74, 6) is -4.65. The fourth-order valence-corrected chi connectivity index (χ4v) is 4.00. The Morgan fingerprint density at radius 3 is 2.22 bits per heavy atom. The van der Waals surface area contributed by atoms with E-state index in [2.05, 4.69) is 0 Å². The summed E-state index contributed by atoms with van der Waals surface area (Å²) in [6.45, 7) is 0. The predicted molar refractivity (Wildman–Crippen MR) is 60.0 cm³/mol. The highest BCUT2D eigenvalue weighted by Gasteiger charge is 2.33. The molecule has 1 heterocycles. The van der Waals surface area contributed by atoms with Crippen LogP contribution in [0.4, 0.5) is 13.2 Å². The van der Waals surface area contributed by atoms with Crippen molar-refractivity contribution in [2.45, 2.75) is 12.5 Å². The molecule has 100 valence electrons. The smallest absolute Gasteiger partial charge is 0.194 e. The molecular formula is C11H12F3NO2S. The summed E-state index contributed by atoms with van der Waals surface area (Å²) in [6, 6.07) is 0.814. The maximum Gasteiger partial charge on any atom is 0.194 e. The van der Waals surface area contributed by atoms with Gasteiger partial charge in [-0.3, -0.25) is 0 Å². The Bertz CT molecular complexity index is 551. The molecule has 0 aliphatic carbocycles. The van der Waals surface area contributed by atoms with Gasteiger partial charge in [0.25, 0.3) is 0 Å². The molecule has 2 unspecified atom stereocenters. The van der Waals surface area contributed by atoms with Crippen molar-refractivity contribution in [3.05, 3.63) is 35.1 Å². The number of hydrogen-bond donors (Lipinski definition) is 1. The largest absolute Gasteiger partial charge is 0.324 e. The van der Waals surface area contributed by atoms with E-state index in [-0.39, 0.29) is 23.0 Å². The highest BCUT2D eigenvalue weighted by Crippen LogP contribution is 2.30. The van der Waals surface area contributed by atoms with Gasteiger partial charge < -0.3 is 5.73 Å². The molecule has 0 amide bonds. The molecule has 7 heteroatoms. The average Bonchev–Trinajstić information content (AvgIpc) is 2.65. The van der Waals surface area contributed by atoms with E-state index in [1.165, 1.54) is 0 Å². The Balaban J connectivity index is 2.27. The van der Waals surface area contributed by atoms with Crippen LogP contribution in [0.15, 0.2) is 12.1 Å². The predicted octanol–water partition coefficient (Wildman–Crippen LogP) is 1.54. The molecule has 0 saturated carbocycles. The molecule has 0 radical (unpaired) electrons. The lowest BCUT2D eigenvalue weighted by Gasteiger charge is -2.18. The summed E-state index contributed by atoms with van der Waals surface area (Å²) in [5.41, 5.74) is 5.87. The molecule has 0 bridgehead atoms. The first-order chi connectivity index (χ1) is 8.30. The molecule has 0 aromatic heterocycles. The van der Waals surface area contributed by atoms with Crippen molar-refractivity contribution in [1.82, 2.24) is 0 Å². The van der Waals surface area contributed by atoms with Crippen molar-refractivity contribution < 1.29 is 21.6 Å². The highest BCUT2D eigenvalue weighted by molar-refractivity contribution is 7.91. The Morgan fingerprint density at radius 2 is 1.78 bits per heavy atom. The van der Waals surface area contributed by atoms with Gasteiger partial charge in [-0.25, -0.2) is 21.6 Å². The molecule has 1 aliphatic heterocycles. The summed E-state index contributed by atoms with van der Waals surface area (Å²) in [5, 5.41) is 0. The fraction of sp³-hybridized carbons (Fsp3) is 0.455. The van der Waals surface area contributed by atoms with E-state index in [1.807, 2.05) is 0 Å². The normalized spacial score (nSPS) is 24.1. The molecule has 1 aromatic rings. The van der Waals surface area contributed by atoms with E-state index >= 15 is 0 Å². The van der Waals surface area contributed by atoms with Gasteiger partial charge in [0.2, 0.25) is 0 Å². The van der Waals surface area contributed by atoms with Crippen LogP contribution in [-0.2, 0) is 9.84 Å². The Kier molecular flexibility index (Phi) is 3.37. The summed E-state index contributed by atoms with van der Waals surface area (Å²) in [7, 11) is -3.12. The Hall–Kier alpha value is -1.08. The number of rotatable bonds is 2. The molecule has 2 atom stereocenters. The van der Waals surface area contributed by atoms with Gasteiger partial charge in [-0.15, -0.1) is 0 Å². The Labute approximate surface area is 103 Å². The average molecular weight is 279 g/mol. The van der Waals surface area contributed by atoms with Gasteiger partial charge in [0, 0.05) is 6.04 Å². The first-order valence-electron chi connectivity index (χ1n) is 5.40. The van der Waals surface area contributed by atoms with Gasteiger partial charge in [0.15, 0.2) is 27.3 Å². The minimum Gasteiger partial charge on any atom is -0.324 e. The summed E-state index contributed by atoms with van der Waals surface area (Å²) in [4.78, 5) is 0. The van der Waals surface area contributed by atoms with Gasteiger partial charge in [-0.2, -0.15) is 0 Å². The quantitative estimate of drug-likeness (QED) is 0.835. The van der Waals surface area contributed by atoms with Gasteiger partial charge >= 0.3 is 0 Å². The monoisotopic (exact) mass is 279 g/mol. The third kappa shape index (κ3) is 2.51. The number of halogens is 3. The van der Waals surface area contributed by atoms with Crippen molar-refractivity contribution in [3.8, 4) is 0 Å². The summed E-state index contributed by atoms with van der Waals surface area (Å²) < 4.78 is 61.5. The van der Waals surface area contributed by atoms with Gasteiger partial charge in [0.05, 0.1) is 11.5 Å². The van der Waals surface area contributed by atoms with E-state index in [0.717, 1.165) is 12.1 Å². The molecule has 1 fully saturated rings. The first-order valence-corrected chi connectivity index (χ1v) is 7.23. The SMILES string of the molecule is NC(c1cc(F)c(F)c(F)c1)C1CCS(=O)(=O)C1. The zero-order chi connectivity index (χ0) is 13.5. The number of benzene rings is 1. The molecule has 2 N–H and O–H groups in total.